The Bertz CT molecular complexity index is 1050. The molecule has 0 aromatic heterocycles. The van der Waals surface area contributed by atoms with Gasteiger partial charge in [-0.1, -0.05) is 70.9 Å². The van der Waals surface area contributed by atoms with E-state index in [0.717, 1.165) is 43.6 Å². The van der Waals surface area contributed by atoms with Crippen molar-refractivity contribution in [1.82, 2.24) is 0 Å². The molecular formula is C31H44B2O6. The Labute approximate surface area is 235 Å². The highest BCUT2D eigenvalue weighted by Gasteiger charge is 2.35. The first-order valence-corrected chi connectivity index (χ1v) is 15.4. The van der Waals surface area contributed by atoms with Crippen molar-refractivity contribution in [2.75, 3.05) is 26.4 Å². The average molecular weight is 534 g/mol. The number of hydrogen-bond acceptors (Lipinski definition) is 6. The molecule has 39 heavy (non-hydrogen) atoms. The molecule has 0 N–H and O–H groups in total. The minimum atomic E-state index is -0.631. The van der Waals surface area contributed by atoms with Crippen LogP contribution in [0, 0.1) is 0 Å². The monoisotopic (exact) mass is 534 g/mol. The standard InChI is InChI=1S/C31H44B2O6/c1-3-5-7-9-13-26-29-23-24(38-32-34-19-11-20-35-32)15-16-25(29)27-17-18-30(39-33-36-21-12-22-37-33)28(31(26)27)14-10-8-6-4-2/h15-18,23,26H,3-14,19-22H2,1-2H3. The lowest BCUT2D eigenvalue weighted by Gasteiger charge is -2.24. The highest BCUT2D eigenvalue weighted by molar-refractivity contribution is 6.38. The summed E-state index contributed by atoms with van der Waals surface area (Å²) in [6.45, 7) is 7.21. The summed E-state index contributed by atoms with van der Waals surface area (Å²) >= 11 is 0. The van der Waals surface area contributed by atoms with E-state index in [1.165, 1.54) is 72.8 Å². The van der Waals surface area contributed by atoms with Crippen molar-refractivity contribution in [1.29, 1.82) is 0 Å². The third-order valence-electron chi connectivity index (χ3n) is 8.03. The highest BCUT2D eigenvalue weighted by Crippen LogP contribution is 2.52. The molecule has 2 aromatic carbocycles. The summed E-state index contributed by atoms with van der Waals surface area (Å²) in [6.07, 6.45) is 13.7. The predicted molar refractivity (Wildman–Crippen MR) is 156 cm³/mol. The van der Waals surface area contributed by atoms with Crippen LogP contribution in [0.2, 0.25) is 0 Å². The van der Waals surface area contributed by atoms with Gasteiger partial charge in [0, 0.05) is 32.3 Å². The molecule has 2 aliphatic heterocycles. The van der Waals surface area contributed by atoms with Gasteiger partial charge in [0.2, 0.25) is 0 Å². The number of fused-ring (bicyclic) bond motifs is 3. The second-order valence-corrected chi connectivity index (χ2v) is 11.0. The largest absolute Gasteiger partial charge is 0.713 e. The van der Waals surface area contributed by atoms with Crippen LogP contribution in [0.4, 0.5) is 0 Å². The van der Waals surface area contributed by atoms with E-state index in [4.69, 9.17) is 27.9 Å². The maximum Gasteiger partial charge on any atom is 0.713 e. The van der Waals surface area contributed by atoms with Crippen LogP contribution in [0.3, 0.4) is 0 Å². The molecule has 0 radical (unpaired) electrons. The van der Waals surface area contributed by atoms with E-state index in [-0.39, 0.29) is 0 Å². The second-order valence-electron chi connectivity index (χ2n) is 11.0. The lowest BCUT2D eigenvalue weighted by Crippen LogP contribution is -2.35. The van der Waals surface area contributed by atoms with Gasteiger partial charge in [0.25, 0.3) is 0 Å². The van der Waals surface area contributed by atoms with E-state index < -0.39 is 14.6 Å². The van der Waals surface area contributed by atoms with Crippen LogP contribution in [0.5, 0.6) is 11.5 Å². The predicted octanol–water partition coefficient (Wildman–Crippen LogP) is 7.49. The zero-order valence-corrected chi connectivity index (χ0v) is 23.9. The van der Waals surface area contributed by atoms with Crippen molar-refractivity contribution in [3.8, 4) is 22.6 Å². The first-order chi connectivity index (χ1) is 19.3. The molecule has 0 saturated carbocycles. The molecule has 2 heterocycles. The zero-order valence-electron chi connectivity index (χ0n) is 23.9. The summed E-state index contributed by atoms with van der Waals surface area (Å²) in [4.78, 5) is 0. The van der Waals surface area contributed by atoms with Crippen molar-refractivity contribution >= 4 is 14.6 Å². The third-order valence-corrected chi connectivity index (χ3v) is 8.03. The van der Waals surface area contributed by atoms with Gasteiger partial charge >= 0.3 is 14.6 Å². The van der Waals surface area contributed by atoms with Gasteiger partial charge in [-0.25, -0.2) is 0 Å². The lowest BCUT2D eigenvalue weighted by molar-refractivity contribution is 0.0877. The second kappa shape index (κ2) is 14.6. The Morgan fingerprint density at radius 3 is 2.05 bits per heavy atom. The van der Waals surface area contributed by atoms with Gasteiger partial charge in [-0.2, -0.15) is 0 Å². The molecule has 0 bridgehead atoms. The van der Waals surface area contributed by atoms with Gasteiger partial charge in [0.15, 0.2) is 0 Å². The van der Waals surface area contributed by atoms with Crippen molar-refractivity contribution < 1.29 is 27.9 Å². The van der Waals surface area contributed by atoms with E-state index in [2.05, 4.69) is 44.2 Å². The number of hydrogen-bond donors (Lipinski definition) is 0. The minimum Gasteiger partial charge on any atom is -0.512 e. The smallest absolute Gasteiger partial charge is 0.512 e. The topological polar surface area (TPSA) is 55.4 Å². The summed E-state index contributed by atoms with van der Waals surface area (Å²) in [5, 5.41) is 0. The number of rotatable bonds is 14. The Kier molecular flexibility index (Phi) is 10.7. The fourth-order valence-corrected chi connectivity index (χ4v) is 6.04. The number of benzene rings is 2. The first kappa shape index (κ1) is 28.5. The minimum absolute atomic E-state index is 0.307. The third kappa shape index (κ3) is 7.21. The van der Waals surface area contributed by atoms with Crippen LogP contribution in [-0.2, 0) is 25.0 Å². The van der Waals surface area contributed by atoms with Crippen LogP contribution in [0.25, 0.3) is 11.1 Å². The summed E-state index contributed by atoms with van der Waals surface area (Å²) in [7, 11) is -1.26. The van der Waals surface area contributed by atoms with E-state index in [0.29, 0.717) is 32.3 Å². The van der Waals surface area contributed by atoms with Crippen LogP contribution < -0.4 is 9.31 Å². The molecule has 2 aromatic rings. The zero-order chi connectivity index (χ0) is 26.9. The first-order valence-electron chi connectivity index (χ1n) is 15.4. The van der Waals surface area contributed by atoms with E-state index >= 15 is 0 Å². The quantitative estimate of drug-likeness (QED) is 0.185. The van der Waals surface area contributed by atoms with Crippen molar-refractivity contribution in [3.63, 3.8) is 0 Å². The van der Waals surface area contributed by atoms with Crippen LogP contribution in [0.1, 0.15) is 107 Å². The van der Waals surface area contributed by atoms with Gasteiger partial charge in [0.1, 0.15) is 11.5 Å². The average Bonchev–Trinajstić information content (AvgIpc) is 3.28. The van der Waals surface area contributed by atoms with Gasteiger partial charge in [-0.3, -0.25) is 0 Å². The molecule has 2 fully saturated rings. The Balaban J connectivity index is 1.47. The molecule has 0 amide bonds. The van der Waals surface area contributed by atoms with Gasteiger partial charge in [0.05, 0.1) is 0 Å². The highest BCUT2D eigenvalue weighted by atomic mass is 16.7. The lowest BCUT2D eigenvalue weighted by atomic mass is 9.86. The Morgan fingerprint density at radius 1 is 0.718 bits per heavy atom. The molecule has 1 aliphatic carbocycles. The maximum atomic E-state index is 6.38. The Hall–Kier alpha value is -1.99. The molecule has 210 valence electrons. The van der Waals surface area contributed by atoms with Crippen molar-refractivity contribution in [3.05, 3.63) is 47.0 Å². The van der Waals surface area contributed by atoms with E-state index in [1.807, 2.05) is 0 Å². The molecule has 1 unspecified atom stereocenters. The molecule has 8 heteroatoms. The fraction of sp³-hybridized carbons (Fsp3) is 0.613. The van der Waals surface area contributed by atoms with E-state index in [9.17, 15) is 0 Å². The molecule has 6 nitrogen and oxygen atoms in total. The molecule has 5 rings (SSSR count). The normalized spacial score (nSPS) is 18.7. The fourth-order valence-electron chi connectivity index (χ4n) is 6.04. The SMILES string of the molecule is CCCCCCc1c(OB2OCCCO2)ccc2c1C(CCCCCC)c1cc(OB3OCCCO3)ccc1-2. The molecular weight excluding hydrogens is 490 g/mol. The van der Waals surface area contributed by atoms with E-state index in [1.54, 1.807) is 0 Å². The molecule has 3 aliphatic rings. The van der Waals surface area contributed by atoms with Crippen LogP contribution in [0.15, 0.2) is 30.3 Å². The van der Waals surface area contributed by atoms with Gasteiger partial charge in [-0.15, -0.1) is 0 Å². The van der Waals surface area contributed by atoms with Crippen molar-refractivity contribution in [2.24, 2.45) is 0 Å². The molecule has 0 spiro atoms. The number of unbranched alkanes of at least 4 members (excludes halogenated alkanes) is 6. The Morgan fingerprint density at radius 2 is 1.36 bits per heavy atom. The molecule has 2 saturated heterocycles. The summed E-state index contributed by atoms with van der Waals surface area (Å²) in [5.41, 5.74) is 6.71. The van der Waals surface area contributed by atoms with Crippen LogP contribution >= 0.6 is 0 Å². The van der Waals surface area contributed by atoms with Crippen LogP contribution in [-0.4, -0.2) is 41.1 Å². The van der Waals surface area contributed by atoms with Gasteiger partial charge < -0.3 is 27.9 Å². The maximum absolute atomic E-state index is 6.38. The summed E-state index contributed by atoms with van der Waals surface area (Å²) in [5.74, 6) is 2.02. The van der Waals surface area contributed by atoms with Crippen molar-refractivity contribution in [2.45, 2.75) is 96.8 Å². The summed E-state index contributed by atoms with van der Waals surface area (Å²) in [6, 6.07) is 10.9. The molecule has 1 atom stereocenters. The van der Waals surface area contributed by atoms with Gasteiger partial charge in [-0.05, 0) is 78.1 Å². The summed E-state index contributed by atoms with van der Waals surface area (Å²) < 4.78 is 35.4.